The highest BCUT2D eigenvalue weighted by Crippen LogP contribution is 2.55. The van der Waals surface area contributed by atoms with Crippen molar-refractivity contribution in [3.05, 3.63) is 211 Å². The van der Waals surface area contributed by atoms with Crippen LogP contribution in [0, 0.1) is 0 Å². The van der Waals surface area contributed by atoms with Crippen LogP contribution in [0.4, 0.5) is 0 Å². The van der Waals surface area contributed by atoms with Crippen LogP contribution < -0.4 is 0 Å². The van der Waals surface area contributed by atoms with Gasteiger partial charge in [0.2, 0.25) is 0 Å². The highest BCUT2D eigenvalue weighted by Gasteiger charge is 2.45. The van der Waals surface area contributed by atoms with E-state index in [1.165, 1.54) is 5.39 Å². The van der Waals surface area contributed by atoms with Gasteiger partial charge in [-0.2, -0.15) is 0 Å². The minimum Gasteiger partial charge on any atom is -0.462 e. The van der Waals surface area contributed by atoms with Crippen LogP contribution in [0.25, 0.3) is 104 Å². The molecule has 0 spiro atoms. The molecule has 77 heavy (non-hydrogen) atoms. The van der Waals surface area contributed by atoms with Crippen molar-refractivity contribution >= 4 is 94.3 Å². The van der Waals surface area contributed by atoms with Crippen LogP contribution in [0.1, 0.15) is 62.8 Å². The first-order valence-corrected chi connectivity index (χ1v) is 25.8. The number of hydrogen-bond donors (Lipinski definition) is 0. The largest absolute Gasteiger partial charge is 0.462 e. The van der Waals surface area contributed by atoms with Crippen molar-refractivity contribution in [1.29, 1.82) is 0 Å². The van der Waals surface area contributed by atoms with Gasteiger partial charge in [0.25, 0.3) is 0 Å². The van der Waals surface area contributed by atoms with Gasteiger partial charge in [-0.3, -0.25) is 0 Å². The number of benzene rings is 10. The lowest BCUT2D eigenvalue weighted by molar-refractivity contribution is -0.141. The highest BCUT2D eigenvalue weighted by atomic mass is 16.5. The average molecular weight is 1010 g/mol. The van der Waals surface area contributed by atoms with Gasteiger partial charge < -0.3 is 18.9 Å². The lowest BCUT2D eigenvalue weighted by Gasteiger charge is -2.32. The fourth-order valence-corrected chi connectivity index (χ4v) is 11.5. The zero-order valence-corrected chi connectivity index (χ0v) is 43.7. The van der Waals surface area contributed by atoms with Crippen molar-refractivity contribution in [2.45, 2.75) is 52.4 Å². The van der Waals surface area contributed by atoms with Gasteiger partial charge in [0, 0.05) is 34.3 Å². The van der Waals surface area contributed by atoms with Crippen molar-refractivity contribution in [1.82, 2.24) is 0 Å². The van der Waals surface area contributed by atoms with E-state index in [1.54, 1.807) is 27.7 Å². The van der Waals surface area contributed by atoms with Gasteiger partial charge in [-0.25, -0.2) is 19.2 Å². The maximum atomic E-state index is 13.6. The summed E-state index contributed by atoms with van der Waals surface area (Å²) in [5.41, 5.74) is 10.3. The number of fused-ring (bicyclic) bond motifs is 3. The van der Waals surface area contributed by atoms with E-state index in [4.69, 9.17) is 18.9 Å². The van der Waals surface area contributed by atoms with E-state index in [0.717, 1.165) is 109 Å². The van der Waals surface area contributed by atoms with E-state index in [1.807, 2.05) is 12.1 Å². The average Bonchev–Trinajstić information content (AvgIpc) is 4.02. The minimum atomic E-state index is -0.882. The van der Waals surface area contributed by atoms with Crippen molar-refractivity contribution in [3.63, 3.8) is 0 Å². The predicted octanol–water partition coefficient (Wildman–Crippen LogP) is 15.9. The molecule has 8 heteroatoms. The summed E-state index contributed by atoms with van der Waals surface area (Å²) in [6, 6.07) is 47.5. The van der Waals surface area contributed by atoms with Gasteiger partial charge in [0.1, 0.15) is 12.4 Å². The topological polar surface area (TPSA) is 105 Å². The fourth-order valence-electron chi connectivity index (χ4n) is 11.5. The Labute approximate surface area is 446 Å². The van der Waals surface area contributed by atoms with Crippen molar-refractivity contribution in [2.24, 2.45) is 0 Å². The SMILES string of the molecule is C=C(C)C(=O)OCCCC1(COC(=O)C(=C)C)c2cc(-c3ccc4ccc5cc(CCOC(=O)C(=C)C)cc6ccc3c4c56)ccc2-c2ccc(-c3ccc4ccc5cc(C(=C)OC(=O)C(=C)C)cc6ccc3c4c56)cc21. The van der Waals surface area contributed by atoms with Crippen LogP contribution in [-0.2, 0) is 50.0 Å². The van der Waals surface area contributed by atoms with Gasteiger partial charge in [0.05, 0.1) is 18.6 Å². The molecule has 1 atom stereocenters. The molecule has 11 rings (SSSR count). The maximum absolute atomic E-state index is 13.6. The molecule has 1 unspecified atom stereocenters. The predicted molar refractivity (Wildman–Crippen MR) is 311 cm³/mol. The number of carbonyl (C=O) groups excluding carboxylic acids is 4. The smallest absolute Gasteiger partial charge is 0.338 e. The van der Waals surface area contributed by atoms with E-state index >= 15 is 0 Å². The van der Waals surface area contributed by atoms with Gasteiger partial charge in [-0.15, -0.1) is 0 Å². The summed E-state index contributed by atoms with van der Waals surface area (Å²) in [5, 5.41) is 13.1. The van der Waals surface area contributed by atoms with Crippen LogP contribution in [0.2, 0.25) is 0 Å². The van der Waals surface area contributed by atoms with Crippen LogP contribution in [-0.4, -0.2) is 43.7 Å². The monoisotopic (exact) mass is 1010 g/mol. The van der Waals surface area contributed by atoms with Crippen LogP contribution in [0.3, 0.4) is 0 Å². The molecular weight excluding hydrogens is 957 g/mol. The molecule has 0 heterocycles. The van der Waals surface area contributed by atoms with Gasteiger partial charge >= 0.3 is 23.9 Å². The molecule has 8 nitrogen and oxygen atoms in total. The molecule has 0 bridgehead atoms. The Morgan fingerprint density at radius 2 is 0.844 bits per heavy atom. The Kier molecular flexibility index (Phi) is 12.7. The summed E-state index contributed by atoms with van der Waals surface area (Å²) in [7, 11) is 0. The number of rotatable bonds is 17. The van der Waals surface area contributed by atoms with Crippen molar-refractivity contribution < 1.29 is 38.1 Å². The quantitative estimate of drug-likeness (QED) is 0.0222. The number of esters is 4. The fraction of sp³-hybridized carbons (Fsp3) is 0.159. The number of carbonyl (C=O) groups is 4. The first kappa shape index (κ1) is 50.0. The molecule has 10 aromatic carbocycles. The zero-order chi connectivity index (χ0) is 54.0. The van der Waals surface area contributed by atoms with E-state index in [9.17, 15) is 19.2 Å². The standard InChI is InChI=1S/C69H56O8/c1-38(2)65(70)74-29-10-28-69(37-76-67(72)40(5)6)59-35-46(53-21-15-44-11-13-48-31-43(27-30-75-66(71)39(3)4)32-49-19-25-57(53)63(44)61(48)49)17-23-55(59)56-24-18-47(36-60(56)69)54-22-16-45-12-14-50-33-52(42(9)77-68(73)41(7)8)34-51-20-26-58(54)64(45)62(50)51/h11-26,31-36H,1,3,5,7,9-10,27-30,37H2,2,4,6,8H3. The molecule has 0 fully saturated rings. The summed E-state index contributed by atoms with van der Waals surface area (Å²) in [6.45, 7) is 26.2. The molecule has 380 valence electrons. The van der Waals surface area contributed by atoms with Gasteiger partial charge in [-0.1, -0.05) is 142 Å². The van der Waals surface area contributed by atoms with Crippen LogP contribution in [0.15, 0.2) is 189 Å². The lowest BCUT2D eigenvalue weighted by atomic mass is 9.74. The Morgan fingerprint density at radius 3 is 1.34 bits per heavy atom. The summed E-state index contributed by atoms with van der Waals surface area (Å²) in [4.78, 5) is 50.9. The summed E-state index contributed by atoms with van der Waals surface area (Å²) in [6.07, 6.45) is 1.52. The molecule has 0 saturated heterocycles. The molecular formula is C69H56O8. The maximum Gasteiger partial charge on any atom is 0.338 e. The minimum absolute atomic E-state index is 0.0149. The first-order chi connectivity index (χ1) is 37.0. The Morgan fingerprint density at radius 1 is 0.429 bits per heavy atom. The highest BCUT2D eigenvalue weighted by molar-refractivity contribution is 6.27. The molecule has 0 aliphatic heterocycles. The third kappa shape index (κ3) is 8.79. The van der Waals surface area contributed by atoms with E-state index in [2.05, 4.69) is 154 Å². The third-order valence-electron chi connectivity index (χ3n) is 15.2. The molecule has 1 aliphatic carbocycles. The molecule has 10 aromatic rings. The molecule has 1 aliphatic rings. The second-order valence-corrected chi connectivity index (χ2v) is 20.7. The van der Waals surface area contributed by atoms with E-state index in [-0.39, 0.29) is 25.6 Å². The lowest BCUT2D eigenvalue weighted by Crippen LogP contribution is -2.33. The Balaban J connectivity index is 1.04. The van der Waals surface area contributed by atoms with E-state index in [0.29, 0.717) is 47.1 Å². The zero-order valence-electron chi connectivity index (χ0n) is 43.7. The van der Waals surface area contributed by atoms with Crippen molar-refractivity contribution in [2.75, 3.05) is 19.8 Å². The normalized spacial score (nSPS) is 13.8. The molecule has 0 amide bonds. The second-order valence-electron chi connectivity index (χ2n) is 20.7. The molecule has 0 saturated carbocycles. The Bertz CT molecular complexity index is 4190. The Hall–Kier alpha value is -9.14. The second kappa shape index (κ2) is 19.5. The number of ether oxygens (including phenoxy) is 4. The summed E-state index contributed by atoms with van der Waals surface area (Å²) in [5.74, 6) is -1.61. The van der Waals surface area contributed by atoms with Crippen LogP contribution >= 0.6 is 0 Å². The molecule has 0 N–H and O–H groups in total. The molecule has 0 radical (unpaired) electrons. The summed E-state index contributed by atoms with van der Waals surface area (Å²) >= 11 is 0. The van der Waals surface area contributed by atoms with Crippen LogP contribution in [0.5, 0.6) is 0 Å². The van der Waals surface area contributed by atoms with E-state index < -0.39 is 29.3 Å². The first-order valence-electron chi connectivity index (χ1n) is 25.8. The number of hydrogen-bond acceptors (Lipinski definition) is 8. The summed E-state index contributed by atoms with van der Waals surface area (Å²) < 4.78 is 23.0. The van der Waals surface area contributed by atoms with Crippen molar-refractivity contribution in [3.8, 4) is 33.4 Å². The molecule has 0 aromatic heterocycles. The van der Waals surface area contributed by atoms with Gasteiger partial charge in [-0.05, 0) is 180 Å². The third-order valence-corrected chi connectivity index (χ3v) is 15.2. The van der Waals surface area contributed by atoms with Gasteiger partial charge in [0.15, 0.2) is 0 Å².